The van der Waals surface area contributed by atoms with Crippen LogP contribution in [0.25, 0.3) is 0 Å². The van der Waals surface area contributed by atoms with Crippen LogP contribution in [0.1, 0.15) is 78.1 Å². The van der Waals surface area contributed by atoms with Gasteiger partial charge in [0.2, 0.25) is 6.43 Å². The van der Waals surface area contributed by atoms with Gasteiger partial charge in [-0.15, -0.1) is 0 Å². The molecule has 0 radical (unpaired) electrons. The summed E-state index contributed by atoms with van der Waals surface area (Å²) in [6.45, 7) is 11.9. The Labute approximate surface area is 205 Å². The number of hydrogen-bond acceptors (Lipinski definition) is 3. The third-order valence-electron chi connectivity index (χ3n) is 9.73. The van der Waals surface area contributed by atoms with E-state index in [4.69, 9.17) is 0 Å². The third-order valence-corrected chi connectivity index (χ3v) is 9.73. The summed E-state index contributed by atoms with van der Waals surface area (Å²) in [6, 6.07) is 0. The van der Waals surface area contributed by atoms with Crippen molar-refractivity contribution in [1.29, 1.82) is 0 Å². The van der Waals surface area contributed by atoms with Crippen LogP contribution in [-0.2, 0) is 0 Å². The Balaban J connectivity index is 1.37. The first kappa shape index (κ1) is 26.0. The molecule has 3 nitrogen and oxygen atoms in total. The summed E-state index contributed by atoms with van der Waals surface area (Å²) in [7, 11) is 0. The molecular formula is C29H45F2NO2. The van der Waals surface area contributed by atoms with Crippen LogP contribution in [0.5, 0.6) is 0 Å². The topological polar surface area (TPSA) is 43.7 Å². The number of rotatable bonds is 7. The average molecular weight is 478 g/mol. The predicted molar refractivity (Wildman–Crippen MR) is 134 cm³/mol. The highest BCUT2D eigenvalue weighted by atomic mass is 19.3. The summed E-state index contributed by atoms with van der Waals surface area (Å²) in [5, 5.41) is 20.3. The van der Waals surface area contributed by atoms with E-state index in [-0.39, 0.29) is 6.42 Å². The van der Waals surface area contributed by atoms with Gasteiger partial charge in [0.15, 0.2) is 0 Å². The van der Waals surface area contributed by atoms with Crippen molar-refractivity contribution in [3.05, 3.63) is 35.5 Å². The van der Waals surface area contributed by atoms with Crippen LogP contribution in [0.15, 0.2) is 35.5 Å². The van der Waals surface area contributed by atoms with Gasteiger partial charge >= 0.3 is 0 Å². The zero-order chi connectivity index (χ0) is 24.5. The van der Waals surface area contributed by atoms with Crippen LogP contribution < -0.4 is 0 Å². The lowest BCUT2D eigenvalue weighted by Gasteiger charge is -2.45. The van der Waals surface area contributed by atoms with Crippen molar-refractivity contribution in [2.45, 2.75) is 96.7 Å². The number of fused-ring (bicyclic) bond motifs is 1. The molecule has 3 saturated carbocycles. The number of alkyl halides is 2. The Morgan fingerprint density at radius 2 is 1.88 bits per heavy atom. The fraction of sp³-hybridized carbons (Fsp3) is 0.793. The van der Waals surface area contributed by atoms with Crippen LogP contribution in [0, 0.1) is 29.1 Å². The first-order valence-electron chi connectivity index (χ1n) is 13.6. The fourth-order valence-electron chi connectivity index (χ4n) is 7.85. The second-order valence-corrected chi connectivity index (χ2v) is 12.0. The van der Waals surface area contributed by atoms with Crippen LogP contribution >= 0.6 is 0 Å². The Morgan fingerprint density at radius 1 is 1.15 bits per heavy atom. The first-order chi connectivity index (χ1) is 16.2. The molecule has 5 heteroatoms. The van der Waals surface area contributed by atoms with E-state index >= 15 is 0 Å². The molecule has 1 saturated heterocycles. The molecule has 4 fully saturated rings. The quantitative estimate of drug-likeness (QED) is 0.434. The smallest absolute Gasteiger partial charge is 0.238 e. The number of likely N-dealkylation sites (tertiary alicyclic amines) is 1. The van der Waals surface area contributed by atoms with Crippen molar-refractivity contribution in [1.82, 2.24) is 4.90 Å². The molecule has 0 aromatic rings. The maximum absolute atomic E-state index is 12.6. The SMILES string of the molecule is C=C1[C@H](O)CC(=CC=C2CCC[C@]3(C)[C@@H](C(C)CN4CCC(CCC(F)F)C4)CC[C@@H]23)C[C@H]1O. The second-order valence-electron chi connectivity index (χ2n) is 12.0. The summed E-state index contributed by atoms with van der Waals surface area (Å²) in [4.78, 5) is 2.54. The molecule has 0 amide bonds. The van der Waals surface area contributed by atoms with Crippen LogP contribution in [-0.4, -0.2) is 53.4 Å². The molecule has 34 heavy (non-hydrogen) atoms. The largest absolute Gasteiger partial charge is 0.388 e. The third kappa shape index (κ3) is 5.68. The first-order valence-corrected chi connectivity index (χ1v) is 13.6. The molecule has 4 rings (SSSR count). The molecule has 1 aliphatic heterocycles. The lowest BCUT2D eigenvalue weighted by Crippen LogP contribution is -2.39. The highest BCUT2D eigenvalue weighted by Crippen LogP contribution is 2.59. The van der Waals surface area contributed by atoms with E-state index in [0.29, 0.717) is 53.9 Å². The molecule has 0 spiro atoms. The van der Waals surface area contributed by atoms with Gasteiger partial charge in [0.25, 0.3) is 0 Å². The summed E-state index contributed by atoms with van der Waals surface area (Å²) < 4.78 is 25.2. The van der Waals surface area contributed by atoms with Gasteiger partial charge in [0, 0.05) is 19.5 Å². The standard InChI is InChI=1S/C29H45F2NO2/c1-19(17-32-14-12-21(18-32)7-11-28(30)31)24-9-10-25-23(5-4-13-29(24,25)3)8-6-22-15-26(33)20(2)27(34)16-22/h6,8,19,21,24-28,33-34H,2,4-5,7,9-18H2,1,3H3/t19?,21?,24-,25+,26-,27-,29-/m1/s1. The van der Waals surface area contributed by atoms with E-state index in [2.05, 4.69) is 37.5 Å². The molecule has 4 aliphatic rings. The van der Waals surface area contributed by atoms with Gasteiger partial charge in [-0.1, -0.05) is 43.7 Å². The van der Waals surface area contributed by atoms with E-state index in [1.165, 1.54) is 25.7 Å². The van der Waals surface area contributed by atoms with Crippen molar-refractivity contribution < 1.29 is 19.0 Å². The predicted octanol–water partition coefficient (Wildman–Crippen LogP) is 6.13. The molecule has 0 aromatic carbocycles. The van der Waals surface area contributed by atoms with Crippen molar-refractivity contribution in [2.75, 3.05) is 19.6 Å². The maximum atomic E-state index is 12.6. The van der Waals surface area contributed by atoms with E-state index in [0.717, 1.165) is 38.0 Å². The van der Waals surface area contributed by atoms with Crippen molar-refractivity contribution in [3.63, 3.8) is 0 Å². The number of nitrogens with zero attached hydrogens (tertiary/aromatic N) is 1. The van der Waals surface area contributed by atoms with Gasteiger partial charge in [0.1, 0.15) is 0 Å². The van der Waals surface area contributed by atoms with E-state index in [1.54, 1.807) is 5.57 Å². The van der Waals surface area contributed by atoms with E-state index < -0.39 is 18.6 Å². The van der Waals surface area contributed by atoms with Gasteiger partial charge in [-0.25, -0.2) is 8.78 Å². The number of aliphatic hydroxyl groups excluding tert-OH is 2. The molecule has 3 aliphatic carbocycles. The summed E-state index contributed by atoms with van der Waals surface area (Å²) in [6.07, 6.45) is 10.2. The second kappa shape index (κ2) is 10.9. The van der Waals surface area contributed by atoms with Gasteiger partial charge in [-0.2, -0.15) is 0 Å². The molecule has 2 N–H and O–H groups in total. The highest BCUT2D eigenvalue weighted by Gasteiger charge is 2.50. The Hall–Kier alpha value is -1.04. The lowest BCUT2D eigenvalue weighted by atomic mass is 9.61. The number of aliphatic hydroxyl groups is 2. The summed E-state index contributed by atoms with van der Waals surface area (Å²) in [5.41, 5.74) is 3.54. The average Bonchev–Trinajstić information content (AvgIpc) is 3.38. The van der Waals surface area contributed by atoms with Crippen molar-refractivity contribution >= 4 is 0 Å². The fourth-order valence-corrected chi connectivity index (χ4v) is 7.85. The van der Waals surface area contributed by atoms with Crippen molar-refractivity contribution in [3.8, 4) is 0 Å². The van der Waals surface area contributed by atoms with Crippen LogP contribution in [0.2, 0.25) is 0 Å². The van der Waals surface area contributed by atoms with Crippen LogP contribution in [0.4, 0.5) is 8.78 Å². The zero-order valence-corrected chi connectivity index (χ0v) is 21.2. The minimum absolute atomic E-state index is 0.0500. The molecule has 1 heterocycles. The van der Waals surface area contributed by atoms with Gasteiger partial charge in [0.05, 0.1) is 12.2 Å². The monoisotopic (exact) mass is 477 g/mol. The van der Waals surface area contributed by atoms with Gasteiger partial charge in [-0.05, 0) is 99.0 Å². The molecular weight excluding hydrogens is 432 g/mol. The molecule has 192 valence electrons. The minimum Gasteiger partial charge on any atom is -0.388 e. The van der Waals surface area contributed by atoms with Crippen molar-refractivity contribution in [2.24, 2.45) is 29.1 Å². The maximum Gasteiger partial charge on any atom is 0.238 e. The van der Waals surface area contributed by atoms with Gasteiger partial charge in [-0.3, -0.25) is 0 Å². The van der Waals surface area contributed by atoms with E-state index in [1.807, 2.05) is 0 Å². The Kier molecular flexibility index (Phi) is 8.36. The molecule has 7 atom stereocenters. The van der Waals surface area contributed by atoms with Crippen LogP contribution in [0.3, 0.4) is 0 Å². The lowest BCUT2D eigenvalue weighted by molar-refractivity contribution is 0.0811. The number of halogens is 2. The normalized spacial score (nSPS) is 39.1. The molecule has 2 unspecified atom stereocenters. The Morgan fingerprint density at radius 3 is 2.59 bits per heavy atom. The zero-order valence-electron chi connectivity index (χ0n) is 21.2. The number of hydrogen-bond donors (Lipinski definition) is 2. The van der Waals surface area contributed by atoms with Gasteiger partial charge < -0.3 is 15.1 Å². The molecule has 0 aromatic heterocycles. The summed E-state index contributed by atoms with van der Waals surface area (Å²) >= 11 is 0. The summed E-state index contributed by atoms with van der Waals surface area (Å²) in [5.74, 6) is 2.39. The molecule has 0 bridgehead atoms. The number of allylic oxidation sites excluding steroid dienone is 3. The van der Waals surface area contributed by atoms with E-state index in [9.17, 15) is 19.0 Å². The minimum atomic E-state index is -2.17. The Bertz CT molecular complexity index is 777. The highest BCUT2D eigenvalue weighted by molar-refractivity contribution is 5.29.